The molecule has 0 spiro atoms. The maximum Gasteiger partial charge on any atom is 0.198 e. The highest BCUT2D eigenvalue weighted by atomic mass is 16.5. The highest BCUT2D eigenvalue weighted by molar-refractivity contribution is 6.29. The molecular formula is C19H18O4. The summed E-state index contributed by atoms with van der Waals surface area (Å²) < 4.78 is 5.53. The first-order chi connectivity index (χ1) is 11.0. The zero-order chi connectivity index (χ0) is 16.6. The van der Waals surface area contributed by atoms with Crippen molar-refractivity contribution in [2.45, 2.75) is 20.5 Å². The van der Waals surface area contributed by atoms with Gasteiger partial charge in [-0.05, 0) is 12.0 Å². The Labute approximate surface area is 134 Å². The quantitative estimate of drug-likeness (QED) is 0.802. The van der Waals surface area contributed by atoms with Crippen LogP contribution in [0, 0.1) is 5.92 Å². The monoisotopic (exact) mass is 310 g/mol. The average Bonchev–Trinajstić information content (AvgIpc) is 2.53. The molecule has 2 aromatic carbocycles. The molecule has 1 aliphatic carbocycles. The molecule has 0 aromatic heterocycles. The van der Waals surface area contributed by atoms with E-state index in [4.69, 9.17) is 4.74 Å². The Morgan fingerprint density at radius 2 is 1.61 bits per heavy atom. The zero-order valence-electron chi connectivity index (χ0n) is 13.1. The van der Waals surface area contributed by atoms with Gasteiger partial charge in [-0.3, -0.25) is 9.59 Å². The molecule has 0 saturated heterocycles. The van der Waals surface area contributed by atoms with Gasteiger partial charge >= 0.3 is 0 Å². The van der Waals surface area contributed by atoms with Crippen LogP contribution >= 0.6 is 0 Å². The van der Waals surface area contributed by atoms with Crippen molar-refractivity contribution in [2.24, 2.45) is 5.92 Å². The molecule has 0 bridgehead atoms. The summed E-state index contributed by atoms with van der Waals surface area (Å²) in [6.45, 7) is 4.84. The minimum atomic E-state index is -0.321. The number of hydrogen-bond donors (Lipinski definition) is 1. The predicted molar refractivity (Wildman–Crippen MR) is 85.9 cm³/mol. The summed E-state index contributed by atoms with van der Waals surface area (Å²) in [6.07, 6.45) is 0. The van der Waals surface area contributed by atoms with E-state index in [1.165, 1.54) is 0 Å². The van der Waals surface area contributed by atoms with Gasteiger partial charge in [0.15, 0.2) is 11.6 Å². The van der Waals surface area contributed by atoms with Crippen LogP contribution < -0.4 is 0 Å². The molecule has 0 aliphatic heterocycles. The fourth-order valence-electron chi connectivity index (χ4n) is 2.73. The molecule has 1 N–H and O–H groups in total. The van der Waals surface area contributed by atoms with Crippen LogP contribution in [0.4, 0.5) is 0 Å². The maximum atomic E-state index is 12.7. The van der Waals surface area contributed by atoms with E-state index in [0.29, 0.717) is 29.2 Å². The Morgan fingerprint density at radius 3 is 2.26 bits per heavy atom. The lowest BCUT2D eigenvalue weighted by atomic mass is 9.83. The molecule has 0 heterocycles. The summed E-state index contributed by atoms with van der Waals surface area (Å²) in [5.74, 6) is -0.331. The molecule has 0 radical (unpaired) electrons. The number of aromatic hydroxyl groups is 1. The van der Waals surface area contributed by atoms with E-state index in [0.717, 1.165) is 0 Å². The van der Waals surface area contributed by atoms with Gasteiger partial charge in [0.05, 0.1) is 12.2 Å². The smallest absolute Gasteiger partial charge is 0.198 e. The van der Waals surface area contributed by atoms with Gasteiger partial charge in [0.2, 0.25) is 0 Å². The molecule has 118 valence electrons. The Kier molecular flexibility index (Phi) is 4.01. The third kappa shape index (κ3) is 2.66. The van der Waals surface area contributed by atoms with Crippen LogP contribution in [0.3, 0.4) is 0 Å². The van der Waals surface area contributed by atoms with Crippen LogP contribution in [-0.2, 0) is 11.3 Å². The number of carbonyl (C=O) groups is 2. The van der Waals surface area contributed by atoms with Crippen LogP contribution in [0.15, 0.2) is 36.4 Å². The molecule has 2 aromatic rings. The summed E-state index contributed by atoms with van der Waals surface area (Å²) >= 11 is 0. The second kappa shape index (κ2) is 5.97. The molecule has 3 rings (SSSR count). The van der Waals surface area contributed by atoms with Crippen molar-refractivity contribution >= 4 is 11.6 Å². The Morgan fingerprint density at radius 1 is 0.957 bits per heavy atom. The predicted octanol–water partition coefficient (Wildman–Crippen LogP) is 3.34. The van der Waals surface area contributed by atoms with Crippen molar-refractivity contribution in [1.29, 1.82) is 0 Å². The number of phenols is 1. The SMILES string of the molecule is CC(C)COCc1ccc2c(c1O)C(=O)c1ccccc1C2=O. The number of hydrogen-bond acceptors (Lipinski definition) is 4. The van der Waals surface area contributed by atoms with Gasteiger partial charge in [-0.2, -0.15) is 0 Å². The zero-order valence-corrected chi connectivity index (χ0v) is 13.1. The van der Waals surface area contributed by atoms with Crippen molar-refractivity contribution in [1.82, 2.24) is 0 Å². The lowest BCUT2D eigenvalue weighted by Gasteiger charge is -2.20. The topological polar surface area (TPSA) is 63.6 Å². The van der Waals surface area contributed by atoms with Crippen molar-refractivity contribution in [3.05, 3.63) is 64.2 Å². The van der Waals surface area contributed by atoms with E-state index in [2.05, 4.69) is 0 Å². The number of phenolic OH excluding ortho intramolecular Hbond substituents is 1. The van der Waals surface area contributed by atoms with Gasteiger partial charge in [0, 0.05) is 28.9 Å². The average molecular weight is 310 g/mol. The minimum Gasteiger partial charge on any atom is -0.507 e. The third-order valence-corrected chi connectivity index (χ3v) is 3.86. The largest absolute Gasteiger partial charge is 0.507 e. The van der Waals surface area contributed by atoms with E-state index >= 15 is 0 Å². The van der Waals surface area contributed by atoms with E-state index in [9.17, 15) is 14.7 Å². The first-order valence-electron chi connectivity index (χ1n) is 7.61. The van der Waals surface area contributed by atoms with Gasteiger partial charge in [-0.1, -0.05) is 44.2 Å². The number of ether oxygens (including phenoxy) is 1. The van der Waals surface area contributed by atoms with Crippen molar-refractivity contribution in [3.63, 3.8) is 0 Å². The molecule has 4 nitrogen and oxygen atoms in total. The van der Waals surface area contributed by atoms with Gasteiger partial charge in [-0.15, -0.1) is 0 Å². The van der Waals surface area contributed by atoms with Crippen LogP contribution in [0.25, 0.3) is 0 Å². The first kappa shape index (κ1) is 15.4. The first-order valence-corrected chi connectivity index (χ1v) is 7.61. The second-order valence-corrected chi connectivity index (χ2v) is 6.11. The Bertz CT molecular complexity index is 790. The van der Waals surface area contributed by atoms with Gasteiger partial charge in [0.25, 0.3) is 0 Å². The highest BCUT2D eigenvalue weighted by Gasteiger charge is 2.32. The maximum absolute atomic E-state index is 12.7. The fraction of sp³-hybridized carbons (Fsp3) is 0.263. The lowest BCUT2D eigenvalue weighted by Crippen LogP contribution is -2.21. The lowest BCUT2D eigenvalue weighted by molar-refractivity contribution is 0.0941. The molecule has 0 fully saturated rings. The Hall–Kier alpha value is -2.46. The molecular weight excluding hydrogens is 292 g/mol. The van der Waals surface area contributed by atoms with Crippen LogP contribution in [0.5, 0.6) is 5.75 Å². The van der Waals surface area contributed by atoms with Crippen LogP contribution in [0.1, 0.15) is 51.3 Å². The third-order valence-electron chi connectivity index (χ3n) is 3.86. The molecule has 1 aliphatic rings. The van der Waals surface area contributed by atoms with E-state index < -0.39 is 0 Å². The summed E-state index contributed by atoms with van der Waals surface area (Å²) in [6, 6.07) is 9.92. The molecule has 0 atom stereocenters. The fourth-order valence-corrected chi connectivity index (χ4v) is 2.73. The summed E-state index contributed by atoms with van der Waals surface area (Å²) in [7, 11) is 0. The molecule has 0 saturated carbocycles. The number of ketones is 2. The number of rotatable bonds is 4. The minimum absolute atomic E-state index is 0.0827. The van der Waals surface area contributed by atoms with Crippen molar-refractivity contribution < 1.29 is 19.4 Å². The standard InChI is InChI=1S/C19H18O4/c1-11(2)9-23-10-12-7-8-15-16(17(12)20)19(22)14-6-4-3-5-13(14)18(15)21/h3-8,11,20H,9-10H2,1-2H3. The van der Waals surface area contributed by atoms with E-state index in [-0.39, 0.29) is 35.0 Å². The highest BCUT2D eigenvalue weighted by Crippen LogP contribution is 2.35. The summed E-state index contributed by atoms with van der Waals surface area (Å²) in [4.78, 5) is 25.2. The summed E-state index contributed by atoms with van der Waals surface area (Å²) in [5, 5.41) is 10.5. The number of fused-ring (bicyclic) bond motifs is 2. The Balaban J connectivity index is 2.01. The van der Waals surface area contributed by atoms with Crippen LogP contribution in [0.2, 0.25) is 0 Å². The van der Waals surface area contributed by atoms with E-state index in [1.807, 2.05) is 13.8 Å². The molecule has 4 heteroatoms. The number of benzene rings is 2. The van der Waals surface area contributed by atoms with Gasteiger partial charge in [0.1, 0.15) is 5.75 Å². The normalized spacial score (nSPS) is 13.2. The second-order valence-electron chi connectivity index (χ2n) is 6.11. The van der Waals surface area contributed by atoms with Crippen LogP contribution in [-0.4, -0.2) is 23.3 Å². The molecule has 0 unspecified atom stereocenters. The number of carbonyl (C=O) groups excluding carboxylic acids is 2. The van der Waals surface area contributed by atoms with E-state index in [1.54, 1.807) is 36.4 Å². The van der Waals surface area contributed by atoms with Gasteiger partial charge in [-0.25, -0.2) is 0 Å². The summed E-state index contributed by atoms with van der Waals surface area (Å²) in [5.41, 5.74) is 1.57. The van der Waals surface area contributed by atoms with Crippen molar-refractivity contribution in [3.8, 4) is 5.75 Å². The molecule has 0 amide bonds. The van der Waals surface area contributed by atoms with Gasteiger partial charge < -0.3 is 9.84 Å². The van der Waals surface area contributed by atoms with Crippen molar-refractivity contribution in [2.75, 3.05) is 6.61 Å². The molecule has 23 heavy (non-hydrogen) atoms.